The van der Waals surface area contributed by atoms with Crippen molar-refractivity contribution in [1.82, 2.24) is 4.90 Å². The van der Waals surface area contributed by atoms with E-state index in [0.717, 1.165) is 5.69 Å². The van der Waals surface area contributed by atoms with Crippen molar-refractivity contribution in [3.8, 4) is 0 Å². The molecule has 0 bridgehead atoms. The Morgan fingerprint density at radius 1 is 1.07 bits per heavy atom. The van der Waals surface area contributed by atoms with Gasteiger partial charge in [-0.2, -0.15) is 0 Å². The van der Waals surface area contributed by atoms with E-state index in [1.54, 1.807) is 32.9 Å². The van der Waals surface area contributed by atoms with Gasteiger partial charge in [0.2, 0.25) is 11.8 Å². The quantitative estimate of drug-likeness (QED) is 0.823. The Balaban J connectivity index is 1.70. The van der Waals surface area contributed by atoms with Crippen LogP contribution in [0.4, 0.5) is 11.4 Å². The molecule has 0 unspecified atom stereocenters. The Morgan fingerprint density at radius 2 is 1.75 bits per heavy atom. The Bertz CT molecular complexity index is 943. The summed E-state index contributed by atoms with van der Waals surface area (Å²) in [6, 6.07) is 16.5. The molecule has 1 saturated heterocycles. The first kappa shape index (κ1) is 18.2. The Morgan fingerprint density at radius 3 is 2.46 bits per heavy atom. The van der Waals surface area contributed by atoms with Crippen molar-refractivity contribution in [2.45, 2.75) is 32.4 Å². The zero-order valence-electron chi connectivity index (χ0n) is 16.1. The van der Waals surface area contributed by atoms with Crippen molar-refractivity contribution >= 4 is 29.1 Å². The fourth-order valence-corrected chi connectivity index (χ4v) is 4.27. The van der Waals surface area contributed by atoms with E-state index >= 15 is 0 Å². The SMILES string of the molecule is CCN(C(=O)CN1C(=O)c2ccccc2N2C(=O)CC[C@]12C)c1ccccc1. The number of carbonyl (C=O) groups is 3. The highest BCUT2D eigenvalue weighted by Gasteiger charge is 2.53. The molecule has 6 heteroatoms. The molecule has 0 aliphatic carbocycles. The number of rotatable bonds is 4. The zero-order chi connectivity index (χ0) is 19.9. The van der Waals surface area contributed by atoms with E-state index in [1.807, 2.05) is 50.2 Å². The Hall–Kier alpha value is -3.15. The fraction of sp³-hybridized carbons (Fsp3) is 0.318. The van der Waals surface area contributed by atoms with Crippen LogP contribution in [0.15, 0.2) is 54.6 Å². The summed E-state index contributed by atoms with van der Waals surface area (Å²) < 4.78 is 0. The normalized spacial score (nSPS) is 20.8. The highest BCUT2D eigenvalue weighted by atomic mass is 16.2. The zero-order valence-corrected chi connectivity index (χ0v) is 16.1. The lowest BCUT2D eigenvalue weighted by molar-refractivity contribution is -0.121. The van der Waals surface area contributed by atoms with Gasteiger partial charge >= 0.3 is 0 Å². The van der Waals surface area contributed by atoms with Gasteiger partial charge in [0.05, 0.1) is 11.3 Å². The van der Waals surface area contributed by atoms with Crippen LogP contribution in [-0.2, 0) is 9.59 Å². The van der Waals surface area contributed by atoms with Crippen LogP contribution in [0.3, 0.4) is 0 Å². The van der Waals surface area contributed by atoms with Crippen LogP contribution >= 0.6 is 0 Å². The lowest BCUT2D eigenvalue weighted by Gasteiger charge is -2.48. The molecule has 2 aromatic carbocycles. The molecule has 2 heterocycles. The maximum absolute atomic E-state index is 13.3. The van der Waals surface area contributed by atoms with E-state index < -0.39 is 5.66 Å². The average molecular weight is 377 g/mol. The molecule has 0 saturated carbocycles. The molecule has 144 valence electrons. The molecule has 2 aliphatic heterocycles. The molecule has 3 amide bonds. The second-order valence-corrected chi connectivity index (χ2v) is 7.33. The summed E-state index contributed by atoms with van der Waals surface area (Å²) in [7, 11) is 0. The first-order valence-electron chi connectivity index (χ1n) is 9.57. The van der Waals surface area contributed by atoms with Crippen molar-refractivity contribution in [2.75, 3.05) is 22.9 Å². The number of hydrogen-bond donors (Lipinski definition) is 0. The van der Waals surface area contributed by atoms with E-state index in [0.29, 0.717) is 30.6 Å². The van der Waals surface area contributed by atoms with E-state index in [9.17, 15) is 14.4 Å². The summed E-state index contributed by atoms with van der Waals surface area (Å²) in [6.45, 7) is 4.21. The van der Waals surface area contributed by atoms with E-state index in [2.05, 4.69) is 0 Å². The van der Waals surface area contributed by atoms with Crippen LogP contribution in [0.2, 0.25) is 0 Å². The number of amides is 3. The monoisotopic (exact) mass is 377 g/mol. The van der Waals surface area contributed by atoms with Gasteiger partial charge in [-0.3, -0.25) is 19.3 Å². The van der Waals surface area contributed by atoms with Crippen molar-refractivity contribution in [3.05, 3.63) is 60.2 Å². The van der Waals surface area contributed by atoms with E-state index in [4.69, 9.17) is 0 Å². The van der Waals surface area contributed by atoms with Gasteiger partial charge in [0.1, 0.15) is 12.2 Å². The first-order chi connectivity index (χ1) is 13.5. The van der Waals surface area contributed by atoms with Crippen LogP contribution in [0.5, 0.6) is 0 Å². The highest BCUT2D eigenvalue weighted by Crippen LogP contribution is 2.43. The topological polar surface area (TPSA) is 60.9 Å². The highest BCUT2D eigenvalue weighted by molar-refractivity contribution is 6.11. The number of benzene rings is 2. The molecule has 0 radical (unpaired) electrons. The third-order valence-corrected chi connectivity index (χ3v) is 5.72. The van der Waals surface area contributed by atoms with Crippen molar-refractivity contribution in [2.24, 2.45) is 0 Å². The minimum atomic E-state index is -0.825. The number of likely N-dealkylation sites (N-methyl/N-ethyl adjacent to an activating group) is 1. The number of carbonyl (C=O) groups excluding carboxylic acids is 3. The summed E-state index contributed by atoms with van der Waals surface area (Å²) in [5, 5.41) is 0. The van der Waals surface area contributed by atoms with Crippen molar-refractivity contribution in [1.29, 1.82) is 0 Å². The fourth-order valence-electron chi connectivity index (χ4n) is 4.27. The molecule has 6 nitrogen and oxygen atoms in total. The maximum Gasteiger partial charge on any atom is 0.258 e. The van der Waals surface area contributed by atoms with Gasteiger partial charge in [0.15, 0.2) is 0 Å². The van der Waals surface area contributed by atoms with Gasteiger partial charge in [0, 0.05) is 18.7 Å². The third-order valence-electron chi connectivity index (χ3n) is 5.72. The molecule has 1 atom stereocenters. The van der Waals surface area contributed by atoms with Crippen LogP contribution in [0.1, 0.15) is 37.0 Å². The molecule has 0 spiro atoms. The van der Waals surface area contributed by atoms with Crippen molar-refractivity contribution < 1.29 is 14.4 Å². The summed E-state index contributed by atoms with van der Waals surface area (Å²) in [6.07, 6.45) is 0.871. The number of para-hydroxylation sites is 2. The average Bonchev–Trinajstić information content (AvgIpc) is 3.02. The molecule has 1 fully saturated rings. The predicted molar refractivity (Wildman–Crippen MR) is 107 cm³/mol. The third kappa shape index (κ3) is 2.68. The predicted octanol–water partition coefficient (Wildman–Crippen LogP) is 3.04. The standard InChI is InChI=1S/C22H23N3O3/c1-3-23(16-9-5-4-6-10-16)20(27)15-24-21(28)17-11-7-8-12-18(17)25-19(26)13-14-22(24,25)2/h4-12H,3,13-15H2,1-2H3/t22-/m1/s1. The van der Waals surface area contributed by atoms with E-state index in [-0.39, 0.29) is 24.3 Å². The van der Waals surface area contributed by atoms with Crippen LogP contribution in [0.25, 0.3) is 0 Å². The van der Waals surface area contributed by atoms with Crippen molar-refractivity contribution in [3.63, 3.8) is 0 Å². The molecule has 28 heavy (non-hydrogen) atoms. The lowest BCUT2D eigenvalue weighted by atomic mass is 9.98. The minimum Gasteiger partial charge on any atom is -0.311 e. The van der Waals surface area contributed by atoms with Gasteiger partial charge in [-0.15, -0.1) is 0 Å². The molecule has 4 rings (SSSR count). The van der Waals surface area contributed by atoms with Crippen LogP contribution in [-0.4, -0.2) is 41.4 Å². The van der Waals surface area contributed by atoms with Crippen LogP contribution in [0, 0.1) is 0 Å². The maximum atomic E-state index is 13.3. The van der Waals surface area contributed by atoms with Gasteiger partial charge < -0.3 is 9.80 Å². The lowest BCUT2D eigenvalue weighted by Crippen LogP contribution is -2.64. The van der Waals surface area contributed by atoms with E-state index in [1.165, 1.54) is 0 Å². The molecular weight excluding hydrogens is 354 g/mol. The minimum absolute atomic E-state index is 0.0182. The number of hydrogen-bond acceptors (Lipinski definition) is 3. The van der Waals surface area contributed by atoms with Gasteiger partial charge in [0.25, 0.3) is 5.91 Å². The molecule has 0 N–H and O–H groups in total. The summed E-state index contributed by atoms with van der Waals surface area (Å²) in [5.41, 5.74) is 1.07. The largest absolute Gasteiger partial charge is 0.311 e. The second kappa shape index (κ2) is 6.78. The Kier molecular flexibility index (Phi) is 4.41. The summed E-state index contributed by atoms with van der Waals surface area (Å²) in [4.78, 5) is 44.0. The summed E-state index contributed by atoms with van der Waals surface area (Å²) in [5.74, 6) is -0.390. The number of nitrogens with zero attached hydrogens (tertiary/aromatic N) is 3. The van der Waals surface area contributed by atoms with Gasteiger partial charge in [-0.25, -0.2) is 0 Å². The molecule has 2 aliphatic rings. The Labute approximate surface area is 164 Å². The van der Waals surface area contributed by atoms with Gasteiger partial charge in [-0.05, 0) is 44.5 Å². The molecule has 2 aromatic rings. The summed E-state index contributed by atoms with van der Waals surface area (Å²) >= 11 is 0. The number of anilines is 2. The number of fused-ring (bicyclic) bond motifs is 3. The van der Waals surface area contributed by atoms with Crippen LogP contribution < -0.4 is 9.80 Å². The smallest absolute Gasteiger partial charge is 0.258 e. The first-order valence-corrected chi connectivity index (χ1v) is 9.57. The molecular formula is C22H23N3O3. The van der Waals surface area contributed by atoms with Gasteiger partial charge in [-0.1, -0.05) is 30.3 Å². The molecule has 0 aromatic heterocycles. The second-order valence-electron chi connectivity index (χ2n) is 7.33.